The number of benzene rings is 1. The van der Waals surface area contributed by atoms with Crippen LogP contribution in [0.15, 0.2) is 24.3 Å². The minimum absolute atomic E-state index is 0. The zero-order valence-corrected chi connectivity index (χ0v) is 16.0. The number of aryl methyl sites for hydroxylation is 1. The molecule has 1 amide bonds. The van der Waals surface area contributed by atoms with Gasteiger partial charge in [0, 0.05) is 10.6 Å². The third kappa shape index (κ3) is 4.28. The fourth-order valence-corrected chi connectivity index (χ4v) is 4.01. The zero-order chi connectivity index (χ0) is 16.4. The standard InChI is InChI=1S/C17H20ClN3OS.ClH/c1-10(20-16(22)14-4-3-9-19-14)15-11(2)21-17(23-15)12-5-7-13(18)8-6-12;/h5-8,10,14,19H,3-4,9H2,1-2H3,(H,20,22);1H. The van der Waals surface area contributed by atoms with E-state index in [0.29, 0.717) is 5.02 Å². The topological polar surface area (TPSA) is 54.0 Å². The van der Waals surface area contributed by atoms with E-state index in [1.54, 1.807) is 11.3 Å². The van der Waals surface area contributed by atoms with Crippen LogP contribution < -0.4 is 10.6 Å². The Bertz CT molecular complexity index is 696. The van der Waals surface area contributed by atoms with Gasteiger partial charge < -0.3 is 10.6 Å². The highest BCUT2D eigenvalue weighted by Gasteiger charge is 2.24. The summed E-state index contributed by atoms with van der Waals surface area (Å²) in [6, 6.07) is 7.57. The lowest BCUT2D eigenvalue weighted by Gasteiger charge is -2.16. The maximum Gasteiger partial charge on any atom is 0.237 e. The number of carbonyl (C=O) groups is 1. The van der Waals surface area contributed by atoms with Crippen LogP contribution in [0.2, 0.25) is 5.02 Å². The predicted octanol–water partition coefficient (Wildman–Crippen LogP) is 4.12. The van der Waals surface area contributed by atoms with E-state index in [1.165, 1.54) is 0 Å². The summed E-state index contributed by atoms with van der Waals surface area (Å²) in [5.74, 6) is 0.0795. The number of nitrogens with zero attached hydrogens (tertiary/aromatic N) is 1. The molecule has 7 heteroatoms. The van der Waals surface area contributed by atoms with E-state index in [1.807, 2.05) is 38.1 Å². The maximum absolute atomic E-state index is 12.3. The van der Waals surface area contributed by atoms with Gasteiger partial charge in [-0.25, -0.2) is 4.98 Å². The van der Waals surface area contributed by atoms with Crippen molar-refractivity contribution in [3.63, 3.8) is 0 Å². The Balaban J connectivity index is 0.00000208. The van der Waals surface area contributed by atoms with Crippen molar-refractivity contribution in [1.29, 1.82) is 0 Å². The van der Waals surface area contributed by atoms with E-state index in [-0.39, 0.29) is 30.4 Å². The Morgan fingerprint density at radius 3 is 2.75 bits per heavy atom. The summed E-state index contributed by atoms with van der Waals surface area (Å²) in [6.45, 7) is 4.92. The molecule has 0 bridgehead atoms. The fraction of sp³-hybridized carbons (Fsp3) is 0.412. The number of rotatable bonds is 4. The first-order valence-corrected chi connectivity index (χ1v) is 9.01. The lowest BCUT2D eigenvalue weighted by Crippen LogP contribution is -2.41. The Labute approximate surface area is 157 Å². The van der Waals surface area contributed by atoms with E-state index >= 15 is 0 Å². The molecule has 1 aliphatic rings. The van der Waals surface area contributed by atoms with Crippen LogP contribution in [-0.2, 0) is 4.79 Å². The van der Waals surface area contributed by atoms with Crippen LogP contribution in [0.3, 0.4) is 0 Å². The monoisotopic (exact) mass is 385 g/mol. The van der Waals surface area contributed by atoms with Crippen molar-refractivity contribution in [3.8, 4) is 10.6 Å². The first-order valence-electron chi connectivity index (χ1n) is 7.81. The van der Waals surface area contributed by atoms with E-state index in [9.17, 15) is 4.79 Å². The summed E-state index contributed by atoms with van der Waals surface area (Å²) < 4.78 is 0. The van der Waals surface area contributed by atoms with Gasteiger partial charge >= 0.3 is 0 Å². The summed E-state index contributed by atoms with van der Waals surface area (Å²) >= 11 is 7.56. The van der Waals surface area contributed by atoms with Crippen molar-refractivity contribution in [1.82, 2.24) is 15.6 Å². The van der Waals surface area contributed by atoms with Gasteiger partial charge in [-0.05, 0) is 45.4 Å². The van der Waals surface area contributed by atoms with Gasteiger partial charge in [-0.15, -0.1) is 23.7 Å². The Morgan fingerprint density at radius 1 is 1.42 bits per heavy atom. The molecule has 0 radical (unpaired) electrons. The van der Waals surface area contributed by atoms with Crippen LogP contribution in [0.25, 0.3) is 10.6 Å². The number of nitrogens with one attached hydrogen (secondary N) is 2. The summed E-state index contributed by atoms with van der Waals surface area (Å²) in [6.07, 6.45) is 1.98. The van der Waals surface area contributed by atoms with Crippen LogP contribution in [0.5, 0.6) is 0 Å². The van der Waals surface area contributed by atoms with Crippen LogP contribution in [0, 0.1) is 6.92 Å². The summed E-state index contributed by atoms with van der Waals surface area (Å²) in [4.78, 5) is 18.0. The Kier molecular flexibility index (Phi) is 6.63. The van der Waals surface area contributed by atoms with Gasteiger partial charge in [0.2, 0.25) is 5.91 Å². The van der Waals surface area contributed by atoms with Crippen LogP contribution >= 0.6 is 35.3 Å². The zero-order valence-electron chi connectivity index (χ0n) is 13.6. The highest BCUT2D eigenvalue weighted by atomic mass is 35.5. The first kappa shape index (κ1) is 19.2. The van der Waals surface area contributed by atoms with Crippen molar-refractivity contribution in [2.45, 2.75) is 38.8 Å². The smallest absolute Gasteiger partial charge is 0.237 e. The Hall–Kier alpha value is -1.14. The second-order valence-electron chi connectivity index (χ2n) is 5.85. The molecule has 1 aromatic heterocycles. The van der Waals surface area contributed by atoms with Gasteiger partial charge in [0.15, 0.2) is 0 Å². The molecular formula is C17H21Cl2N3OS. The first-order chi connectivity index (χ1) is 11.0. The quantitative estimate of drug-likeness (QED) is 0.831. The van der Waals surface area contributed by atoms with Crippen molar-refractivity contribution < 1.29 is 4.79 Å². The molecule has 1 aliphatic heterocycles. The molecular weight excluding hydrogens is 365 g/mol. The summed E-state index contributed by atoms with van der Waals surface area (Å²) in [5.41, 5.74) is 2.01. The third-order valence-electron chi connectivity index (χ3n) is 4.05. The van der Waals surface area contributed by atoms with Gasteiger partial charge in [0.05, 0.1) is 22.7 Å². The molecule has 24 heavy (non-hydrogen) atoms. The highest BCUT2D eigenvalue weighted by molar-refractivity contribution is 7.15. The molecule has 1 fully saturated rings. The van der Waals surface area contributed by atoms with Crippen LogP contribution in [0.4, 0.5) is 0 Å². The minimum Gasteiger partial charge on any atom is -0.347 e. The molecule has 2 unspecified atom stereocenters. The molecule has 1 saturated heterocycles. The fourth-order valence-electron chi connectivity index (χ4n) is 2.81. The normalized spacial score (nSPS) is 18.0. The van der Waals surface area contributed by atoms with Crippen molar-refractivity contribution in [3.05, 3.63) is 39.9 Å². The molecule has 0 saturated carbocycles. The van der Waals surface area contributed by atoms with E-state index in [0.717, 1.165) is 40.5 Å². The van der Waals surface area contributed by atoms with Crippen LogP contribution in [-0.4, -0.2) is 23.5 Å². The van der Waals surface area contributed by atoms with Crippen molar-refractivity contribution >= 4 is 41.3 Å². The second kappa shape index (κ2) is 8.30. The lowest BCUT2D eigenvalue weighted by molar-refractivity contribution is -0.123. The number of thiazole rings is 1. The predicted molar refractivity (Wildman–Crippen MR) is 102 cm³/mol. The highest BCUT2D eigenvalue weighted by Crippen LogP contribution is 2.32. The van der Waals surface area contributed by atoms with Gasteiger partial charge in [-0.2, -0.15) is 0 Å². The summed E-state index contributed by atoms with van der Waals surface area (Å²) in [7, 11) is 0. The van der Waals surface area contributed by atoms with Gasteiger partial charge in [0.1, 0.15) is 5.01 Å². The van der Waals surface area contributed by atoms with Crippen LogP contribution in [0.1, 0.15) is 36.4 Å². The molecule has 4 nitrogen and oxygen atoms in total. The summed E-state index contributed by atoms with van der Waals surface area (Å²) in [5, 5.41) is 8.00. The lowest BCUT2D eigenvalue weighted by atomic mass is 10.2. The van der Waals surface area contributed by atoms with E-state index in [2.05, 4.69) is 15.6 Å². The number of halogens is 2. The van der Waals surface area contributed by atoms with Gasteiger partial charge in [-0.3, -0.25) is 4.79 Å². The maximum atomic E-state index is 12.3. The Morgan fingerprint density at radius 2 is 2.12 bits per heavy atom. The van der Waals surface area contributed by atoms with E-state index < -0.39 is 0 Å². The number of amides is 1. The number of hydrogen-bond acceptors (Lipinski definition) is 4. The molecule has 130 valence electrons. The molecule has 2 heterocycles. The number of aromatic nitrogens is 1. The van der Waals surface area contributed by atoms with Gasteiger partial charge in [0.25, 0.3) is 0 Å². The SMILES string of the molecule is Cc1nc(-c2ccc(Cl)cc2)sc1C(C)NC(=O)C1CCCN1.Cl. The molecule has 2 atom stereocenters. The van der Waals surface area contributed by atoms with Crippen molar-refractivity contribution in [2.75, 3.05) is 6.54 Å². The van der Waals surface area contributed by atoms with Gasteiger partial charge in [-0.1, -0.05) is 23.7 Å². The molecule has 0 spiro atoms. The van der Waals surface area contributed by atoms with E-state index in [4.69, 9.17) is 11.6 Å². The average Bonchev–Trinajstić information content (AvgIpc) is 3.17. The average molecular weight is 386 g/mol. The second-order valence-corrected chi connectivity index (χ2v) is 7.32. The largest absolute Gasteiger partial charge is 0.347 e. The third-order valence-corrected chi connectivity index (χ3v) is 5.69. The molecule has 0 aliphatic carbocycles. The molecule has 1 aromatic carbocycles. The molecule has 3 rings (SSSR count). The molecule has 2 aromatic rings. The molecule has 2 N–H and O–H groups in total. The number of hydrogen-bond donors (Lipinski definition) is 2. The number of carbonyl (C=O) groups excluding carboxylic acids is 1. The minimum atomic E-state index is -0.0542. The van der Waals surface area contributed by atoms with Crippen molar-refractivity contribution in [2.24, 2.45) is 0 Å².